The summed E-state index contributed by atoms with van der Waals surface area (Å²) in [5.41, 5.74) is -0.897. The Hall–Kier alpha value is -2.22. The summed E-state index contributed by atoms with van der Waals surface area (Å²) in [7, 11) is 0. The Labute approximate surface area is 146 Å². The predicted octanol–water partition coefficient (Wildman–Crippen LogP) is 5.12. The van der Waals surface area contributed by atoms with Crippen molar-refractivity contribution in [3.05, 3.63) is 65.5 Å². The lowest BCUT2D eigenvalue weighted by Crippen LogP contribution is -2.35. The molecular formula is C17H14F4N2OS. The van der Waals surface area contributed by atoms with E-state index in [0.29, 0.717) is 17.9 Å². The highest BCUT2D eigenvalue weighted by atomic mass is 32.2. The van der Waals surface area contributed by atoms with Gasteiger partial charge in [-0.15, -0.1) is 11.8 Å². The van der Waals surface area contributed by atoms with E-state index in [1.807, 2.05) is 0 Å². The van der Waals surface area contributed by atoms with Crippen LogP contribution in [0.3, 0.4) is 0 Å². The van der Waals surface area contributed by atoms with Crippen molar-refractivity contribution in [2.24, 2.45) is 0 Å². The Morgan fingerprint density at radius 1 is 1.12 bits per heavy atom. The van der Waals surface area contributed by atoms with Crippen molar-refractivity contribution in [3.63, 3.8) is 0 Å². The van der Waals surface area contributed by atoms with Crippen LogP contribution in [0, 0.1) is 5.82 Å². The SMILES string of the molecule is O=C(Nc1ccccc1C(F)(F)F)N1CCS[C@@H]1c1ccccc1F. The lowest BCUT2D eigenvalue weighted by atomic mass is 10.1. The van der Waals surface area contributed by atoms with E-state index < -0.39 is 29.0 Å². The van der Waals surface area contributed by atoms with Crippen molar-refractivity contribution >= 4 is 23.5 Å². The van der Waals surface area contributed by atoms with E-state index in [0.717, 1.165) is 6.07 Å². The van der Waals surface area contributed by atoms with Gasteiger partial charge < -0.3 is 10.2 Å². The number of thioether (sulfide) groups is 1. The standard InChI is InChI=1S/C17H14F4N2OS/c18-13-7-3-1-5-11(13)15-23(9-10-25-15)16(24)22-14-8-4-2-6-12(14)17(19,20)21/h1-8,15H,9-10H2,(H,22,24)/t15-/m1/s1. The Bertz CT molecular complexity index is 781. The lowest BCUT2D eigenvalue weighted by molar-refractivity contribution is -0.136. The average Bonchev–Trinajstić information content (AvgIpc) is 3.04. The van der Waals surface area contributed by atoms with Crippen LogP contribution in [-0.2, 0) is 6.18 Å². The summed E-state index contributed by atoms with van der Waals surface area (Å²) < 4.78 is 53.2. The Balaban J connectivity index is 1.83. The minimum atomic E-state index is -4.57. The predicted molar refractivity (Wildman–Crippen MR) is 88.8 cm³/mol. The number of halogens is 4. The van der Waals surface area contributed by atoms with Gasteiger partial charge in [0.2, 0.25) is 0 Å². The molecule has 0 unspecified atom stereocenters. The molecule has 1 N–H and O–H groups in total. The van der Waals surface area contributed by atoms with Gasteiger partial charge in [0.1, 0.15) is 11.2 Å². The van der Waals surface area contributed by atoms with Gasteiger partial charge in [-0.3, -0.25) is 0 Å². The molecule has 8 heteroatoms. The summed E-state index contributed by atoms with van der Waals surface area (Å²) in [6.45, 7) is 0.323. The summed E-state index contributed by atoms with van der Waals surface area (Å²) in [5.74, 6) is 0.128. The maximum absolute atomic E-state index is 14.0. The summed E-state index contributed by atoms with van der Waals surface area (Å²) in [6, 6.07) is 10.2. The Kier molecular flexibility index (Phi) is 4.89. The van der Waals surface area contributed by atoms with E-state index in [-0.39, 0.29) is 5.69 Å². The van der Waals surface area contributed by atoms with Crippen LogP contribution < -0.4 is 5.32 Å². The van der Waals surface area contributed by atoms with Gasteiger partial charge in [-0.25, -0.2) is 9.18 Å². The number of carbonyl (C=O) groups is 1. The Morgan fingerprint density at radius 3 is 2.52 bits per heavy atom. The fraction of sp³-hybridized carbons (Fsp3) is 0.235. The monoisotopic (exact) mass is 370 g/mol. The molecule has 1 aliphatic rings. The molecule has 2 aromatic carbocycles. The highest BCUT2D eigenvalue weighted by Crippen LogP contribution is 2.40. The first-order valence-corrected chi connectivity index (χ1v) is 8.52. The first-order valence-electron chi connectivity index (χ1n) is 7.48. The van der Waals surface area contributed by atoms with Crippen LogP contribution in [0.4, 0.5) is 28.0 Å². The van der Waals surface area contributed by atoms with Gasteiger partial charge in [0.15, 0.2) is 0 Å². The molecule has 1 saturated heterocycles. The minimum absolute atomic E-state index is 0.316. The second-order valence-electron chi connectivity index (χ2n) is 5.41. The van der Waals surface area contributed by atoms with Crippen LogP contribution in [0.1, 0.15) is 16.5 Å². The summed E-state index contributed by atoms with van der Waals surface area (Å²) in [4.78, 5) is 13.8. The van der Waals surface area contributed by atoms with Crippen molar-refractivity contribution in [2.45, 2.75) is 11.6 Å². The number of hydrogen-bond donors (Lipinski definition) is 1. The summed E-state index contributed by atoms with van der Waals surface area (Å²) >= 11 is 1.37. The van der Waals surface area contributed by atoms with Gasteiger partial charge >= 0.3 is 12.2 Å². The van der Waals surface area contributed by atoms with Crippen molar-refractivity contribution in [3.8, 4) is 0 Å². The highest BCUT2D eigenvalue weighted by molar-refractivity contribution is 7.99. The van der Waals surface area contributed by atoms with Crippen molar-refractivity contribution < 1.29 is 22.4 Å². The molecule has 1 atom stereocenters. The molecule has 0 saturated carbocycles. The molecule has 1 fully saturated rings. The molecular weight excluding hydrogens is 356 g/mol. The highest BCUT2D eigenvalue weighted by Gasteiger charge is 2.36. The third-order valence-corrected chi connectivity index (χ3v) is 5.04. The van der Waals surface area contributed by atoms with Crippen LogP contribution >= 0.6 is 11.8 Å². The smallest absolute Gasteiger partial charge is 0.307 e. The third kappa shape index (κ3) is 3.73. The number of alkyl halides is 3. The molecule has 0 spiro atoms. The molecule has 3 rings (SSSR count). The van der Waals surface area contributed by atoms with E-state index >= 15 is 0 Å². The van der Waals surface area contributed by atoms with E-state index in [2.05, 4.69) is 5.32 Å². The van der Waals surface area contributed by atoms with Crippen LogP contribution in [-0.4, -0.2) is 23.2 Å². The molecule has 1 heterocycles. The van der Waals surface area contributed by atoms with E-state index in [9.17, 15) is 22.4 Å². The number of benzene rings is 2. The third-order valence-electron chi connectivity index (χ3n) is 3.80. The van der Waals surface area contributed by atoms with Crippen LogP contribution in [0.25, 0.3) is 0 Å². The first kappa shape index (κ1) is 17.6. The molecule has 2 amide bonds. The van der Waals surface area contributed by atoms with Crippen molar-refractivity contribution in [1.29, 1.82) is 0 Å². The number of rotatable bonds is 2. The zero-order valence-corrected chi connectivity index (χ0v) is 13.7. The molecule has 3 nitrogen and oxygen atoms in total. The number of anilines is 1. The average molecular weight is 370 g/mol. The number of para-hydroxylation sites is 1. The van der Waals surface area contributed by atoms with Crippen LogP contribution in [0.5, 0.6) is 0 Å². The molecule has 2 aromatic rings. The van der Waals surface area contributed by atoms with Gasteiger partial charge in [-0.05, 0) is 18.2 Å². The maximum atomic E-state index is 14.0. The fourth-order valence-corrected chi connectivity index (χ4v) is 3.91. The number of urea groups is 1. The second kappa shape index (κ2) is 6.95. The van der Waals surface area contributed by atoms with E-state index in [4.69, 9.17) is 0 Å². The number of hydrogen-bond acceptors (Lipinski definition) is 2. The van der Waals surface area contributed by atoms with Crippen molar-refractivity contribution in [1.82, 2.24) is 4.90 Å². The minimum Gasteiger partial charge on any atom is -0.307 e. The van der Waals surface area contributed by atoms with E-state index in [1.54, 1.807) is 18.2 Å². The molecule has 0 bridgehead atoms. The normalized spacial score (nSPS) is 17.6. The zero-order valence-electron chi connectivity index (χ0n) is 12.9. The van der Waals surface area contributed by atoms with Crippen LogP contribution in [0.15, 0.2) is 48.5 Å². The quantitative estimate of drug-likeness (QED) is 0.744. The molecule has 25 heavy (non-hydrogen) atoms. The van der Waals surface area contributed by atoms with Crippen LogP contribution in [0.2, 0.25) is 0 Å². The number of nitrogens with one attached hydrogen (secondary N) is 1. The van der Waals surface area contributed by atoms with Gasteiger partial charge in [0, 0.05) is 17.9 Å². The molecule has 132 valence electrons. The Morgan fingerprint density at radius 2 is 1.80 bits per heavy atom. The fourth-order valence-electron chi connectivity index (χ4n) is 2.64. The molecule has 1 aliphatic heterocycles. The molecule has 0 aliphatic carbocycles. The second-order valence-corrected chi connectivity index (χ2v) is 6.60. The van der Waals surface area contributed by atoms with Gasteiger partial charge in [0.25, 0.3) is 0 Å². The zero-order chi connectivity index (χ0) is 18.0. The number of amides is 2. The van der Waals surface area contributed by atoms with Gasteiger partial charge in [-0.2, -0.15) is 13.2 Å². The van der Waals surface area contributed by atoms with Gasteiger partial charge in [-0.1, -0.05) is 30.3 Å². The molecule has 0 aromatic heterocycles. The molecule has 0 radical (unpaired) electrons. The maximum Gasteiger partial charge on any atom is 0.418 e. The van der Waals surface area contributed by atoms with Gasteiger partial charge in [0.05, 0.1) is 11.3 Å². The first-order chi connectivity index (χ1) is 11.9. The number of carbonyl (C=O) groups excluding carboxylic acids is 1. The summed E-state index contributed by atoms with van der Waals surface area (Å²) in [5, 5.41) is 1.74. The van der Waals surface area contributed by atoms with Crippen molar-refractivity contribution in [2.75, 3.05) is 17.6 Å². The number of nitrogens with zero attached hydrogens (tertiary/aromatic N) is 1. The largest absolute Gasteiger partial charge is 0.418 e. The lowest BCUT2D eigenvalue weighted by Gasteiger charge is -2.25. The summed E-state index contributed by atoms with van der Waals surface area (Å²) in [6.07, 6.45) is -4.57. The van der Waals surface area contributed by atoms with E-state index in [1.165, 1.54) is 40.9 Å². The topological polar surface area (TPSA) is 32.3 Å².